The predicted octanol–water partition coefficient (Wildman–Crippen LogP) is 0.0235. The average Bonchev–Trinajstić information content (AvgIpc) is 1.38. The van der Waals surface area contributed by atoms with Crippen LogP contribution < -0.4 is 0 Å². The summed E-state index contributed by atoms with van der Waals surface area (Å²) in [6.07, 6.45) is 0. The summed E-state index contributed by atoms with van der Waals surface area (Å²) in [6.45, 7) is 1.36. The van der Waals surface area contributed by atoms with Crippen LogP contribution in [0.4, 0.5) is 0 Å². The van der Waals surface area contributed by atoms with Crippen LogP contribution >= 0.6 is 0 Å². The Hall–Kier alpha value is 1.04. The Kier molecular flexibility index (Phi) is 10.2. The third kappa shape index (κ3) is 8.90. The predicted molar refractivity (Wildman–Crippen MR) is 25.7 cm³/mol. The maximum atomic E-state index is 9.59. The van der Waals surface area contributed by atoms with Gasteiger partial charge >= 0.3 is 54.9 Å². The van der Waals surface area contributed by atoms with Crippen LogP contribution in [0.2, 0.25) is 0 Å². The number of carbonyl (C=O) groups excluding carboxylic acids is 1. The Labute approximate surface area is 80.3 Å². The second-order valence-corrected chi connectivity index (χ2v) is 0.696. The van der Waals surface area contributed by atoms with Gasteiger partial charge in [-0.1, -0.05) is 0 Å². The number of rotatable bonds is 0. The van der Waals surface area contributed by atoms with Crippen molar-refractivity contribution in [2.24, 2.45) is 0 Å². The summed E-state index contributed by atoms with van der Waals surface area (Å²) >= 11 is 0. The maximum absolute atomic E-state index is 9.59. The molecule has 0 N–H and O–H groups in total. The summed E-state index contributed by atoms with van der Waals surface area (Å²) in [6, 6.07) is 0. The maximum Gasteiger partial charge on any atom is 2.00 e. The minimum absolute atomic E-state index is 0. The van der Waals surface area contributed by atoms with Crippen LogP contribution in [0.3, 0.4) is 0 Å². The molecular formula is C3H8BaO2. The first-order chi connectivity index (χ1) is 2.27. The Bertz CT molecular complexity index is 50.5. The summed E-state index contributed by atoms with van der Waals surface area (Å²) < 4.78 is 4.11. The molecule has 0 atom stereocenters. The summed E-state index contributed by atoms with van der Waals surface area (Å²) in [7, 11) is 1.35. The van der Waals surface area contributed by atoms with Gasteiger partial charge in [-0.3, -0.25) is 4.79 Å². The van der Waals surface area contributed by atoms with E-state index in [1.165, 1.54) is 14.0 Å². The van der Waals surface area contributed by atoms with Gasteiger partial charge < -0.3 is 7.59 Å². The number of hydrogen-bond donors (Lipinski definition) is 0. The van der Waals surface area contributed by atoms with Gasteiger partial charge in [0.2, 0.25) is 0 Å². The Morgan fingerprint density at radius 1 is 1.83 bits per heavy atom. The van der Waals surface area contributed by atoms with E-state index in [4.69, 9.17) is 0 Å². The minimum atomic E-state index is -0.245. The van der Waals surface area contributed by atoms with Gasteiger partial charge in [-0.25, -0.2) is 0 Å². The van der Waals surface area contributed by atoms with Crippen molar-refractivity contribution >= 4 is 54.9 Å². The standard InChI is InChI=1S/C3H6O2.Ba.2H/c1-3(4)5-2;;;/h1-2H3;;;/q;+2;2*-1. The Balaban J connectivity index is -0.0000000267. The van der Waals surface area contributed by atoms with Crippen LogP contribution in [0.5, 0.6) is 0 Å². The topological polar surface area (TPSA) is 26.3 Å². The largest absolute Gasteiger partial charge is 2.00 e. The number of methoxy groups -OCH3 is 1. The van der Waals surface area contributed by atoms with Crippen LogP contribution in [-0.2, 0) is 9.53 Å². The van der Waals surface area contributed by atoms with Crippen molar-refractivity contribution in [2.45, 2.75) is 6.92 Å². The zero-order valence-corrected chi connectivity index (χ0v) is 8.46. The van der Waals surface area contributed by atoms with Crippen molar-refractivity contribution in [1.82, 2.24) is 0 Å². The van der Waals surface area contributed by atoms with E-state index in [0.29, 0.717) is 0 Å². The van der Waals surface area contributed by atoms with Crippen molar-refractivity contribution in [1.29, 1.82) is 0 Å². The van der Waals surface area contributed by atoms with E-state index in [1.807, 2.05) is 0 Å². The smallest absolute Gasteiger partial charge is 1.00 e. The summed E-state index contributed by atoms with van der Waals surface area (Å²) in [5, 5.41) is 0. The Morgan fingerprint density at radius 2 is 2.00 bits per heavy atom. The second-order valence-electron chi connectivity index (χ2n) is 0.696. The normalized spacial score (nSPS) is 5.67. The van der Waals surface area contributed by atoms with Gasteiger partial charge in [-0.15, -0.1) is 0 Å². The molecule has 0 radical (unpaired) electrons. The van der Waals surface area contributed by atoms with Gasteiger partial charge in [0, 0.05) is 6.92 Å². The SMILES string of the molecule is COC(C)=O.[Ba+2].[H-].[H-]. The first kappa shape index (κ1) is 10.1. The van der Waals surface area contributed by atoms with Crippen molar-refractivity contribution in [2.75, 3.05) is 7.11 Å². The van der Waals surface area contributed by atoms with E-state index in [0.717, 1.165) is 0 Å². The van der Waals surface area contributed by atoms with Crippen molar-refractivity contribution in [3.05, 3.63) is 0 Å². The molecule has 0 aromatic carbocycles. The second kappa shape index (κ2) is 6.04. The van der Waals surface area contributed by atoms with Gasteiger partial charge in [0.25, 0.3) is 0 Å². The first-order valence-corrected chi connectivity index (χ1v) is 1.32. The number of hydrogen-bond acceptors (Lipinski definition) is 2. The molecule has 0 fully saturated rings. The molecule has 0 unspecified atom stereocenters. The van der Waals surface area contributed by atoms with E-state index in [9.17, 15) is 4.79 Å². The molecule has 0 aliphatic carbocycles. The quantitative estimate of drug-likeness (QED) is 0.419. The van der Waals surface area contributed by atoms with Gasteiger partial charge in [-0.05, 0) is 0 Å². The molecule has 0 aromatic heterocycles. The third-order valence-electron chi connectivity index (χ3n) is 0.287. The average molecular weight is 213 g/mol. The molecule has 2 nitrogen and oxygen atoms in total. The van der Waals surface area contributed by atoms with Gasteiger partial charge in [0.05, 0.1) is 7.11 Å². The van der Waals surface area contributed by atoms with Gasteiger partial charge in [-0.2, -0.15) is 0 Å². The monoisotopic (exact) mass is 214 g/mol. The van der Waals surface area contributed by atoms with E-state index < -0.39 is 0 Å². The molecule has 0 spiro atoms. The molecule has 0 amide bonds. The minimum Gasteiger partial charge on any atom is -1.00 e. The fourth-order valence-electron chi connectivity index (χ4n) is 0. The van der Waals surface area contributed by atoms with E-state index in [-0.39, 0.29) is 57.7 Å². The zero-order chi connectivity index (χ0) is 4.28. The van der Waals surface area contributed by atoms with Crippen LogP contribution in [-0.4, -0.2) is 62.0 Å². The van der Waals surface area contributed by atoms with Gasteiger partial charge in [0.15, 0.2) is 0 Å². The fourth-order valence-corrected chi connectivity index (χ4v) is 0. The van der Waals surface area contributed by atoms with E-state index >= 15 is 0 Å². The molecule has 0 aliphatic rings. The third-order valence-corrected chi connectivity index (χ3v) is 0.287. The molecule has 3 heteroatoms. The van der Waals surface area contributed by atoms with Crippen LogP contribution in [0, 0.1) is 0 Å². The van der Waals surface area contributed by atoms with Gasteiger partial charge in [0.1, 0.15) is 0 Å². The van der Waals surface area contributed by atoms with E-state index in [2.05, 4.69) is 4.74 Å². The van der Waals surface area contributed by atoms with E-state index in [1.54, 1.807) is 0 Å². The summed E-state index contributed by atoms with van der Waals surface area (Å²) in [5.41, 5.74) is 0. The van der Waals surface area contributed by atoms with Crippen LogP contribution in [0.25, 0.3) is 0 Å². The zero-order valence-electron chi connectivity index (χ0n) is 6.02. The molecular weight excluding hydrogens is 205 g/mol. The summed E-state index contributed by atoms with van der Waals surface area (Å²) in [5.74, 6) is -0.245. The fraction of sp³-hybridized carbons (Fsp3) is 0.667. The van der Waals surface area contributed by atoms with Crippen LogP contribution in [0.15, 0.2) is 0 Å². The summed E-state index contributed by atoms with van der Waals surface area (Å²) in [4.78, 5) is 9.59. The van der Waals surface area contributed by atoms with Crippen LogP contribution in [0.1, 0.15) is 9.78 Å². The molecule has 0 saturated carbocycles. The number of esters is 1. The molecule has 0 rings (SSSR count). The van der Waals surface area contributed by atoms with Crippen molar-refractivity contribution in [3.63, 3.8) is 0 Å². The first-order valence-electron chi connectivity index (χ1n) is 1.32. The molecule has 0 saturated heterocycles. The number of ether oxygens (including phenoxy) is 1. The molecule has 0 bridgehead atoms. The molecule has 0 heterocycles. The van der Waals surface area contributed by atoms with Crippen molar-refractivity contribution in [3.8, 4) is 0 Å². The molecule has 34 valence electrons. The Morgan fingerprint density at radius 3 is 2.00 bits per heavy atom. The molecule has 0 aromatic rings. The molecule has 6 heavy (non-hydrogen) atoms. The number of carbonyl (C=O) groups is 1. The van der Waals surface area contributed by atoms with Crippen molar-refractivity contribution < 1.29 is 12.4 Å². The molecule has 0 aliphatic heterocycles.